The van der Waals surface area contributed by atoms with Crippen molar-refractivity contribution in [2.75, 3.05) is 13.7 Å². The minimum Gasteiger partial charge on any atom is -0.489 e. The number of amides is 1. The average Bonchev–Trinajstić information content (AvgIpc) is 2.72. The smallest absolute Gasteiger partial charge is 0.307 e. The van der Waals surface area contributed by atoms with Crippen LogP contribution in [0.2, 0.25) is 0 Å². The minimum atomic E-state index is -0.325. The Labute approximate surface area is 166 Å². The number of hydrogen-bond donors (Lipinski definition) is 0. The molecule has 0 fully saturated rings. The molecule has 0 saturated heterocycles. The van der Waals surface area contributed by atoms with Crippen LogP contribution in [0.5, 0.6) is 5.75 Å². The topological polar surface area (TPSA) is 55.8 Å². The zero-order valence-electron chi connectivity index (χ0n) is 16.6. The zero-order valence-corrected chi connectivity index (χ0v) is 16.6. The summed E-state index contributed by atoms with van der Waals surface area (Å²) in [5, 5.41) is 0. The molecule has 5 nitrogen and oxygen atoms in total. The second kappa shape index (κ2) is 10.9. The van der Waals surface area contributed by atoms with E-state index in [0.717, 1.165) is 16.9 Å². The van der Waals surface area contributed by atoms with Gasteiger partial charge in [0.25, 0.3) is 0 Å². The lowest BCUT2D eigenvalue weighted by Crippen LogP contribution is -2.37. The molecule has 0 heterocycles. The van der Waals surface area contributed by atoms with E-state index in [9.17, 15) is 9.59 Å². The Bertz CT molecular complexity index is 782. The van der Waals surface area contributed by atoms with Gasteiger partial charge in [-0.3, -0.25) is 9.59 Å². The highest BCUT2D eigenvalue weighted by Crippen LogP contribution is 2.15. The number of rotatable bonds is 9. The van der Waals surface area contributed by atoms with Crippen molar-refractivity contribution in [3.63, 3.8) is 0 Å². The molecule has 0 unspecified atom stereocenters. The van der Waals surface area contributed by atoms with Gasteiger partial charge in [0.15, 0.2) is 0 Å². The van der Waals surface area contributed by atoms with Crippen LogP contribution < -0.4 is 4.74 Å². The van der Waals surface area contributed by atoms with Gasteiger partial charge < -0.3 is 14.4 Å². The molecule has 0 spiro atoms. The van der Waals surface area contributed by atoms with E-state index in [1.807, 2.05) is 68.4 Å². The maximum absolute atomic E-state index is 12.4. The number of nitrogens with zero attached hydrogens (tertiary/aromatic N) is 1. The van der Waals surface area contributed by atoms with E-state index >= 15 is 0 Å². The van der Waals surface area contributed by atoms with Gasteiger partial charge in [-0.1, -0.05) is 42.5 Å². The summed E-state index contributed by atoms with van der Waals surface area (Å²) in [6.07, 6.45) is 3.47. The summed E-state index contributed by atoms with van der Waals surface area (Å²) in [4.78, 5) is 25.4. The lowest BCUT2D eigenvalue weighted by atomic mass is 10.2. The van der Waals surface area contributed by atoms with Crippen molar-refractivity contribution < 1.29 is 19.1 Å². The second-order valence-electron chi connectivity index (χ2n) is 6.63. The number of benzene rings is 2. The van der Waals surface area contributed by atoms with E-state index < -0.39 is 0 Å². The molecule has 2 aromatic carbocycles. The molecule has 28 heavy (non-hydrogen) atoms. The SMILES string of the molecule is COC(=O)CCN(C(=O)/C=C/c1ccc(OCc2ccccc2)cc1)C(C)C. The molecule has 0 aliphatic carbocycles. The van der Waals surface area contributed by atoms with Crippen molar-refractivity contribution in [2.45, 2.75) is 32.9 Å². The Morgan fingerprint density at radius 3 is 2.32 bits per heavy atom. The van der Waals surface area contributed by atoms with Crippen molar-refractivity contribution in [1.82, 2.24) is 4.90 Å². The van der Waals surface area contributed by atoms with E-state index in [2.05, 4.69) is 4.74 Å². The molecule has 0 aliphatic rings. The van der Waals surface area contributed by atoms with Gasteiger partial charge in [-0.15, -0.1) is 0 Å². The molecule has 0 saturated carbocycles. The highest BCUT2D eigenvalue weighted by atomic mass is 16.5. The lowest BCUT2D eigenvalue weighted by Gasteiger charge is -2.25. The van der Waals surface area contributed by atoms with Gasteiger partial charge >= 0.3 is 5.97 Å². The number of hydrogen-bond acceptors (Lipinski definition) is 4. The second-order valence-corrected chi connectivity index (χ2v) is 6.63. The van der Waals surface area contributed by atoms with Gasteiger partial charge in [-0.2, -0.15) is 0 Å². The van der Waals surface area contributed by atoms with Gasteiger partial charge in [0, 0.05) is 18.7 Å². The average molecular weight is 381 g/mol. The molecule has 148 valence electrons. The van der Waals surface area contributed by atoms with Crippen LogP contribution in [0.25, 0.3) is 6.08 Å². The molecule has 0 bridgehead atoms. The molecule has 0 N–H and O–H groups in total. The van der Waals surface area contributed by atoms with Crippen LogP contribution in [0.15, 0.2) is 60.7 Å². The Hall–Kier alpha value is -3.08. The summed E-state index contributed by atoms with van der Waals surface area (Å²) in [5.74, 6) is 0.311. The first kappa shape index (κ1) is 21.2. The summed E-state index contributed by atoms with van der Waals surface area (Å²) in [5.41, 5.74) is 2.01. The van der Waals surface area contributed by atoms with Crippen molar-refractivity contribution in [3.8, 4) is 5.75 Å². The summed E-state index contributed by atoms with van der Waals surface area (Å²) < 4.78 is 10.4. The molecule has 2 rings (SSSR count). The summed E-state index contributed by atoms with van der Waals surface area (Å²) in [6, 6.07) is 17.5. The Kier molecular flexibility index (Phi) is 8.28. The van der Waals surface area contributed by atoms with Gasteiger partial charge in [0.05, 0.1) is 13.5 Å². The third-order valence-corrected chi connectivity index (χ3v) is 4.24. The fourth-order valence-corrected chi connectivity index (χ4v) is 2.62. The van der Waals surface area contributed by atoms with Crippen LogP contribution in [-0.2, 0) is 20.9 Å². The summed E-state index contributed by atoms with van der Waals surface area (Å²) in [6.45, 7) is 4.68. The quantitative estimate of drug-likeness (QED) is 0.485. The van der Waals surface area contributed by atoms with E-state index in [0.29, 0.717) is 13.2 Å². The fraction of sp³-hybridized carbons (Fsp3) is 0.304. The normalized spacial score (nSPS) is 10.9. The van der Waals surface area contributed by atoms with Crippen LogP contribution >= 0.6 is 0 Å². The first-order valence-corrected chi connectivity index (χ1v) is 9.32. The maximum Gasteiger partial charge on any atom is 0.307 e. The van der Waals surface area contributed by atoms with Crippen LogP contribution in [0.4, 0.5) is 0 Å². The molecule has 0 aromatic heterocycles. The Morgan fingerprint density at radius 2 is 1.71 bits per heavy atom. The van der Waals surface area contributed by atoms with Gasteiger partial charge in [0.2, 0.25) is 5.91 Å². The van der Waals surface area contributed by atoms with Crippen molar-refractivity contribution in [1.29, 1.82) is 0 Å². The molecular weight excluding hydrogens is 354 g/mol. The van der Waals surface area contributed by atoms with E-state index in [4.69, 9.17) is 4.74 Å². The van der Waals surface area contributed by atoms with Crippen molar-refractivity contribution >= 4 is 18.0 Å². The molecule has 1 amide bonds. The largest absolute Gasteiger partial charge is 0.489 e. The minimum absolute atomic E-state index is 0.00410. The van der Waals surface area contributed by atoms with Crippen LogP contribution in [0, 0.1) is 0 Å². The van der Waals surface area contributed by atoms with Crippen LogP contribution in [-0.4, -0.2) is 36.5 Å². The van der Waals surface area contributed by atoms with Crippen LogP contribution in [0.3, 0.4) is 0 Å². The fourth-order valence-electron chi connectivity index (χ4n) is 2.62. The maximum atomic E-state index is 12.4. The number of carbonyl (C=O) groups is 2. The third kappa shape index (κ3) is 6.91. The van der Waals surface area contributed by atoms with E-state index in [-0.39, 0.29) is 24.3 Å². The standard InChI is InChI=1S/C23H27NO4/c1-18(2)24(16-15-23(26)27-3)22(25)14-11-19-9-12-21(13-10-19)28-17-20-7-5-4-6-8-20/h4-14,18H,15-17H2,1-3H3/b14-11+. The first-order chi connectivity index (χ1) is 13.5. The predicted octanol–water partition coefficient (Wildman–Crippen LogP) is 4.08. The number of esters is 1. The highest BCUT2D eigenvalue weighted by Gasteiger charge is 2.16. The monoisotopic (exact) mass is 381 g/mol. The summed E-state index contributed by atoms with van der Waals surface area (Å²) in [7, 11) is 1.34. The molecule has 0 atom stereocenters. The Morgan fingerprint density at radius 1 is 1.04 bits per heavy atom. The van der Waals surface area contributed by atoms with E-state index in [1.165, 1.54) is 13.2 Å². The van der Waals surface area contributed by atoms with Gasteiger partial charge in [0.1, 0.15) is 12.4 Å². The number of methoxy groups -OCH3 is 1. The Balaban J connectivity index is 1.91. The van der Waals surface area contributed by atoms with E-state index in [1.54, 1.807) is 11.0 Å². The molecule has 2 aromatic rings. The first-order valence-electron chi connectivity index (χ1n) is 9.32. The number of carbonyl (C=O) groups excluding carboxylic acids is 2. The predicted molar refractivity (Wildman–Crippen MR) is 110 cm³/mol. The van der Waals surface area contributed by atoms with Gasteiger partial charge in [-0.05, 0) is 43.2 Å². The molecular formula is C23H27NO4. The highest BCUT2D eigenvalue weighted by molar-refractivity contribution is 5.92. The molecule has 0 aliphatic heterocycles. The molecule has 0 radical (unpaired) electrons. The number of ether oxygens (including phenoxy) is 2. The lowest BCUT2D eigenvalue weighted by molar-refractivity contribution is -0.141. The van der Waals surface area contributed by atoms with Crippen molar-refractivity contribution in [3.05, 3.63) is 71.8 Å². The molecule has 5 heteroatoms. The van der Waals surface area contributed by atoms with Gasteiger partial charge in [-0.25, -0.2) is 0 Å². The summed E-state index contributed by atoms with van der Waals surface area (Å²) >= 11 is 0. The van der Waals surface area contributed by atoms with Crippen LogP contribution in [0.1, 0.15) is 31.4 Å². The third-order valence-electron chi connectivity index (χ3n) is 4.24. The van der Waals surface area contributed by atoms with Crippen molar-refractivity contribution in [2.24, 2.45) is 0 Å². The zero-order chi connectivity index (χ0) is 20.4.